The summed E-state index contributed by atoms with van der Waals surface area (Å²) in [5.74, 6) is -0.281. The minimum atomic E-state index is -0.631. The first-order chi connectivity index (χ1) is 13.5. The zero-order chi connectivity index (χ0) is 20.1. The van der Waals surface area contributed by atoms with E-state index in [1.807, 2.05) is 6.92 Å². The Morgan fingerprint density at radius 3 is 2.82 bits per heavy atom. The lowest BCUT2D eigenvalue weighted by molar-refractivity contribution is -0.129. The SMILES string of the molecule is CCN1C(=O)CC(C(=O)Nc2cccc(OC)c2)SC1=Nc1cccc(F)c1. The first-order valence-corrected chi connectivity index (χ1v) is 9.64. The molecule has 146 valence electrons. The first-order valence-electron chi connectivity index (χ1n) is 8.76. The number of rotatable bonds is 5. The van der Waals surface area contributed by atoms with E-state index in [-0.39, 0.29) is 18.2 Å². The third kappa shape index (κ3) is 4.69. The Kier molecular flexibility index (Phi) is 6.30. The van der Waals surface area contributed by atoms with Crippen molar-refractivity contribution in [1.82, 2.24) is 4.90 Å². The molecule has 1 atom stereocenters. The van der Waals surface area contributed by atoms with E-state index in [1.165, 1.54) is 28.8 Å². The summed E-state index contributed by atoms with van der Waals surface area (Å²) in [4.78, 5) is 31.1. The molecule has 0 spiro atoms. The quantitative estimate of drug-likeness (QED) is 0.827. The van der Waals surface area contributed by atoms with E-state index in [4.69, 9.17) is 4.74 Å². The van der Waals surface area contributed by atoms with Crippen LogP contribution in [0, 0.1) is 5.82 Å². The van der Waals surface area contributed by atoms with Gasteiger partial charge in [-0.1, -0.05) is 23.9 Å². The monoisotopic (exact) mass is 401 g/mol. The topological polar surface area (TPSA) is 71.0 Å². The predicted molar refractivity (Wildman–Crippen MR) is 109 cm³/mol. The number of nitrogens with one attached hydrogen (secondary N) is 1. The van der Waals surface area contributed by atoms with Gasteiger partial charge < -0.3 is 10.1 Å². The Morgan fingerprint density at radius 1 is 1.32 bits per heavy atom. The van der Waals surface area contributed by atoms with E-state index in [1.54, 1.807) is 43.5 Å². The molecule has 0 saturated carbocycles. The van der Waals surface area contributed by atoms with E-state index in [0.717, 1.165) is 0 Å². The lowest BCUT2D eigenvalue weighted by Gasteiger charge is -2.30. The molecule has 0 radical (unpaired) electrons. The van der Waals surface area contributed by atoms with E-state index in [9.17, 15) is 14.0 Å². The number of methoxy groups -OCH3 is 1. The third-order valence-electron chi connectivity index (χ3n) is 4.12. The lowest BCUT2D eigenvalue weighted by Crippen LogP contribution is -2.45. The molecule has 3 rings (SSSR count). The number of hydrogen-bond donors (Lipinski definition) is 1. The number of nitrogens with zero attached hydrogens (tertiary/aromatic N) is 2. The summed E-state index contributed by atoms with van der Waals surface area (Å²) in [7, 11) is 1.55. The van der Waals surface area contributed by atoms with Gasteiger partial charge in [-0.2, -0.15) is 0 Å². The predicted octanol–water partition coefficient (Wildman–Crippen LogP) is 3.81. The van der Waals surface area contributed by atoms with Crippen LogP contribution in [-0.4, -0.2) is 40.8 Å². The average Bonchev–Trinajstić information content (AvgIpc) is 2.68. The minimum absolute atomic E-state index is 0.0660. The van der Waals surface area contributed by atoms with Crippen molar-refractivity contribution in [2.24, 2.45) is 4.99 Å². The Labute approximate surface area is 166 Å². The summed E-state index contributed by atoms with van der Waals surface area (Å²) in [6, 6.07) is 12.8. The van der Waals surface area contributed by atoms with Crippen LogP contribution in [0.2, 0.25) is 0 Å². The van der Waals surface area contributed by atoms with Crippen LogP contribution in [-0.2, 0) is 9.59 Å². The molecule has 1 aliphatic heterocycles. The van der Waals surface area contributed by atoms with Crippen molar-refractivity contribution in [3.63, 3.8) is 0 Å². The minimum Gasteiger partial charge on any atom is -0.497 e. The molecule has 1 aliphatic rings. The molecule has 1 fully saturated rings. The van der Waals surface area contributed by atoms with Crippen molar-refractivity contribution in [3.8, 4) is 5.75 Å². The molecule has 6 nitrogen and oxygen atoms in total. The van der Waals surface area contributed by atoms with Gasteiger partial charge in [-0.3, -0.25) is 14.5 Å². The molecule has 2 aromatic carbocycles. The summed E-state index contributed by atoms with van der Waals surface area (Å²) in [5.41, 5.74) is 0.974. The van der Waals surface area contributed by atoms with Gasteiger partial charge in [0, 0.05) is 24.7 Å². The molecular formula is C20H20FN3O3S. The molecule has 1 unspecified atom stereocenters. The molecule has 1 heterocycles. The lowest BCUT2D eigenvalue weighted by atomic mass is 10.2. The molecule has 0 bridgehead atoms. The van der Waals surface area contributed by atoms with Crippen molar-refractivity contribution in [1.29, 1.82) is 0 Å². The van der Waals surface area contributed by atoms with E-state index >= 15 is 0 Å². The van der Waals surface area contributed by atoms with Crippen molar-refractivity contribution < 1.29 is 18.7 Å². The van der Waals surface area contributed by atoms with Gasteiger partial charge in [0.25, 0.3) is 0 Å². The van der Waals surface area contributed by atoms with Crippen LogP contribution < -0.4 is 10.1 Å². The molecule has 28 heavy (non-hydrogen) atoms. The van der Waals surface area contributed by atoms with Crippen LogP contribution in [0.15, 0.2) is 53.5 Å². The molecular weight excluding hydrogens is 381 g/mol. The van der Waals surface area contributed by atoms with E-state index in [2.05, 4.69) is 10.3 Å². The van der Waals surface area contributed by atoms with Gasteiger partial charge >= 0.3 is 0 Å². The van der Waals surface area contributed by atoms with Gasteiger partial charge in [-0.15, -0.1) is 0 Å². The molecule has 1 N–H and O–H groups in total. The van der Waals surface area contributed by atoms with Crippen molar-refractivity contribution in [2.75, 3.05) is 19.0 Å². The van der Waals surface area contributed by atoms with Crippen molar-refractivity contribution >= 4 is 40.1 Å². The summed E-state index contributed by atoms with van der Waals surface area (Å²) >= 11 is 1.20. The highest BCUT2D eigenvalue weighted by molar-refractivity contribution is 8.15. The number of halogens is 1. The van der Waals surface area contributed by atoms with E-state index in [0.29, 0.717) is 28.8 Å². The second kappa shape index (κ2) is 8.88. The van der Waals surface area contributed by atoms with Crippen LogP contribution in [0.4, 0.5) is 15.8 Å². The Bertz CT molecular complexity index is 919. The number of aliphatic imine (C=N–C) groups is 1. The molecule has 0 aromatic heterocycles. The fraction of sp³-hybridized carbons (Fsp3) is 0.250. The highest BCUT2D eigenvalue weighted by Gasteiger charge is 2.35. The number of thioether (sulfide) groups is 1. The number of benzene rings is 2. The maximum absolute atomic E-state index is 13.5. The molecule has 2 amide bonds. The van der Waals surface area contributed by atoms with Gasteiger partial charge in [0.1, 0.15) is 16.8 Å². The van der Waals surface area contributed by atoms with Crippen LogP contribution >= 0.6 is 11.8 Å². The fourth-order valence-corrected chi connectivity index (χ4v) is 3.89. The maximum atomic E-state index is 13.5. The summed E-state index contributed by atoms with van der Waals surface area (Å²) in [6.07, 6.45) is 0.0660. The average molecular weight is 401 g/mol. The molecule has 2 aromatic rings. The zero-order valence-corrected chi connectivity index (χ0v) is 16.3. The van der Waals surface area contributed by atoms with Crippen molar-refractivity contribution in [2.45, 2.75) is 18.6 Å². The van der Waals surface area contributed by atoms with Crippen LogP contribution in [0.3, 0.4) is 0 Å². The van der Waals surface area contributed by atoms with Gasteiger partial charge in [-0.05, 0) is 37.3 Å². The molecule has 1 saturated heterocycles. The number of hydrogen-bond acceptors (Lipinski definition) is 5. The Hall–Kier alpha value is -2.87. The van der Waals surface area contributed by atoms with Gasteiger partial charge in [0.2, 0.25) is 11.8 Å². The maximum Gasteiger partial charge on any atom is 0.238 e. The second-order valence-corrected chi connectivity index (χ2v) is 7.21. The second-order valence-electron chi connectivity index (χ2n) is 6.04. The van der Waals surface area contributed by atoms with Gasteiger partial charge in [0.15, 0.2) is 5.17 Å². The third-order valence-corrected chi connectivity index (χ3v) is 5.31. The smallest absolute Gasteiger partial charge is 0.238 e. The number of anilines is 1. The summed E-state index contributed by atoms with van der Waals surface area (Å²) in [6.45, 7) is 2.25. The molecule has 0 aliphatic carbocycles. The number of ether oxygens (including phenoxy) is 1. The highest BCUT2D eigenvalue weighted by atomic mass is 32.2. The zero-order valence-electron chi connectivity index (χ0n) is 15.5. The molecule has 8 heteroatoms. The largest absolute Gasteiger partial charge is 0.497 e. The normalized spacial score (nSPS) is 18.2. The summed E-state index contributed by atoms with van der Waals surface area (Å²) in [5, 5.41) is 2.56. The standard InChI is InChI=1S/C20H20FN3O3S/c1-3-24-18(25)12-17(19(26)22-15-8-5-9-16(11-15)27-2)28-20(24)23-14-7-4-6-13(21)10-14/h4-11,17H,3,12H2,1-2H3,(H,22,26). The van der Waals surface area contributed by atoms with E-state index < -0.39 is 11.1 Å². The van der Waals surface area contributed by atoms with Crippen molar-refractivity contribution in [3.05, 3.63) is 54.3 Å². The number of amidine groups is 1. The van der Waals surface area contributed by atoms with Crippen LogP contribution in [0.25, 0.3) is 0 Å². The van der Waals surface area contributed by atoms with Gasteiger partial charge in [-0.25, -0.2) is 9.38 Å². The van der Waals surface area contributed by atoms with Crippen LogP contribution in [0.1, 0.15) is 13.3 Å². The number of amides is 2. The number of carbonyl (C=O) groups is 2. The summed E-state index contributed by atoms with van der Waals surface area (Å²) < 4.78 is 18.6. The fourth-order valence-electron chi connectivity index (χ4n) is 2.73. The first kappa shape index (κ1) is 19.9. The Balaban J connectivity index is 1.80. The number of carbonyl (C=O) groups excluding carboxylic acids is 2. The highest BCUT2D eigenvalue weighted by Crippen LogP contribution is 2.30. The van der Waals surface area contributed by atoms with Gasteiger partial charge in [0.05, 0.1) is 12.8 Å². The Morgan fingerprint density at radius 2 is 2.11 bits per heavy atom. The van der Waals surface area contributed by atoms with Crippen LogP contribution in [0.5, 0.6) is 5.75 Å².